The van der Waals surface area contributed by atoms with Crippen molar-refractivity contribution >= 4 is 23.7 Å². The normalized spacial score (nSPS) is 11.9. The van der Waals surface area contributed by atoms with Crippen LogP contribution in [-0.2, 0) is 20.8 Å². The number of hydrogen-bond donors (Lipinski definition) is 3. The number of hydrogen-bond acceptors (Lipinski definition) is 6. The molecule has 0 aliphatic heterocycles. The lowest BCUT2D eigenvalue weighted by molar-refractivity contribution is -0.136. The molecule has 3 N–H and O–H groups in total. The van der Waals surface area contributed by atoms with Gasteiger partial charge in [0, 0.05) is 18.2 Å². The van der Waals surface area contributed by atoms with Crippen molar-refractivity contribution in [2.24, 2.45) is 0 Å². The molecule has 0 fully saturated rings. The summed E-state index contributed by atoms with van der Waals surface area (Å²) in [7, 11) is 1.26. The fraction of sp³-hybridized carbons (Fsp3) is 0.192. The Balaban J connectivity index is 1.46. The summed E-state index contributed by atoms with van der Waals surface area (Å²) in [5.41, 5.74) is 5.66. The van der Waals surface area contributed by atoms with Crippen LogP contribution in [0.2, 0.25) is 0 Å². The number of anilines is 1. The van der Waals surface area contributed by atoms with Gasteiger partial charge in [0.25, 0.3) is 0 Å². The maximum atomic E-state index is 12.6. The van der Waals surface area contributed by atoms with Gasteiger partial charge in [-0.15, -0.1) is 0 Å². The molecule has 0 unspecified atom stereocenters. The van der Waals surface area contributed by atoms with Gasteiger partial charge in [0.05, 0.1) is 19.2 Å². The molecule has 0 saturated heterocycles. The van der Waals surface area contributed by atoms with E-state index in [-0.39, 0.29) is 31.2 Å². The predicted octanol–water partition coefficient (Wildman–Crippen LogP) is 4.01. The van der Waals surface area contributed by atoms with E-state index in [2.05, 4.69) is 22.8 Å². The van der Waals surface area contributed by atoms with Crippen molar-refractivity contribution in [3.05, 3.63) is 89.0 Å². The molecule has 34 heavy (non-hydrogen) atoms. The Morgan fingerprint density at radius 1 is 0.941 bits per heavy atom. The maximum Gasteiger partial charge on any atom is 0.411 e. The Hall–Kier alpha value is -4.17. The Bertz CT molecular complexity index is 1190. The van der Waals surface area contributed by atoms with Crippen LogP contribution in [-0.4, -0.2) is 43.4 Å². The van der Waals surface area contributed by atoms with Gasteiger partial charge in [0.2, 0.25) is 0 Å². The van der Waals surface area contributed by atoms with Crippen LogP contribution in [0.5, 0.6) is 0 Å². The molecule has 1 aliphatic carbocycles. The van der Waals surface area contributed by atoms with Gasteiger partial charge in [-0.3, -0.25) is 10.1 Å². The average Bonchev–Trinajstić information content (AvgIpc) is 3.15. The zero-order chi connectivity index (χ0) is 24.1. The number of carboxylic acids is 1. The van der Waals surface area contributed by atoms with Gasteiger partial charge in [0.15, 0.2) is 0 Å². The summed E-state index contributed by atoms with van der Waals surface area (Å²) in [6.07, 6.45) is -0.659. The standard InChI is InChI=1S/C26H24N2O6/c1-33-25(31)17-10-16(13-27-14-24(29)30)11-18(12-17)28-26(32)34-15-23-21-8-4-2-6-19(21)20-7-3-5-9-22(20)23/h2-12,23,27H,13-15H2,1H3,(H,28,32)(H,29,30). The number of carboxylic acid groups (broad SMARTS) is 1. The minimum atomic E-state index is -0.999. The first-order valence-electron chi connectivity index (χ1n) is 10.7. The number of carbonyl (C=O) groups excluding carboxylic acids is 2. The molecule has 8 heteroatoms. The van der Waals surface area contributed by atoms with E-state index in [1.54, 1.807) is 12.1 Å². The monoisotopic (exact) mass is 460 g/mol. The second kappa shape index (κ2) is 10.2. The molecule has 0 atom stereocenters. The maximum absolute atomic E-state index is 12.6. The highest BCUT2D eigenvalue weighted by molar-refractivity contribution is 5.93. The van der Waals surface area contributed by atoms with Crippen molar-refractivity contribution in [2.45, 2.75) is 12.5 Å². The predicted molar refractivity (Wildman–Crippen MR) is 126 cm³/mol. The van der Waals surface area contributed by atoms with Crippen LogP contribution < -0.4 is 10.6 Å². The summed E-state index contributed by atoms with van der Waals surface area (Å²) in [5, 5.41) is 14.2. The third kappa shape index (κ3) is 5.07. The summed E-state index contributed by atoms with van der Waals surface area (Å²) >= 11 is 0. The molecule has 0 bridgehead atoms. The van der Waals surface area contributed by atoms with Crippen LogP contribution in [0.4, 0.5) is 10.5 Å². The Labute approximate surface area is 196 Å². The zero-order valence-electron chi connectivity index (χ0n) is 18.5. The van der Waals surface area contributed by atoms with E-state index in [4.69, 9.17) is 14.6 Å². The third-order valence-corrected chi connectivity index (χ3v) is 5.61. The van der Waals surface area contributed by atoms with E-state index in [0.29, 0.717) is 11.3 Å². The molecule has 0 heterocycles. The van der Waals surface area contributed by atoms with E-state index in [1.165, 1.54) is 13.2 Å². The molecule has 1 amide bonds. The highest BCUT2D eigenvalue weighted by Crippen LogP contribution is 2.44. The number of methoxy groups -OCH3 is 1. The first kappa shape index (κ1) is 23.0. The first-order chi connectivity index (χ1) is 16.5. The number of benzene rings is 3. The smallest absolute Gasteiger partial charge is 0.411 e. The Morgan fingerprint density at radius 2 is 1.59 bits per heavy atom. The number of esters is 1. The van der Waals surface area contributed by atoms with E-state index < -0.39 is 18.0 Å². The molecule has 1 aliphatic rings. The molecule has 0 spiro atoms. The van der Waals surface area contributed by atoms with Gasteiger partial charge >= 0.3 is 18.0 Å². The fourth-order valence-corrected chi connectivity index (χ4v) is 4.17. The SMILES string of the molecule is COC(=O)c1cc(CNCC(=O)O)cc(NC(=O)OCC2c3ccccc3-c3ccccc32)c1. The van der Waals surface area contributed by atoms with Gasteiger partial charge in [-0.2, -0.15) is 0 Å². The number of fused-ring (bicyclic) bond motifs is 3. The lowest BCUT2D eigenvalue weighted by Crippen LogP contribution is -2.22. The molecule has 3 aromatic rings. The number of amides is 1. The van der Waals surface area contributed by atoms with Crippen molar-refractivity contribution in [1.82, 2.24) is 5.32 Å². The molecule has 174 valence electrons. The third-order valence-electron chi connectivity index (χ3n) is 5.61. The van der Waals surface area contributed by atoms with E-state index in [9.17, 15) is 14.4 Å². The number of aliphatic carboxylic acids is 1. The van der Waals surface area contributed by atoms with Crippen molar-refractivity contribution in [1.29, 1.82) is 0 Å². The summed E-state index contributed by atoms with van der Waals surface area (Å²) < 4.78 is 10.3. The number of rotatable bonds is 8. The van der Waals surface area contributed by atoms with Crippen molar-refractivity contribution in [3.63, 3.8) is 0 Å². The molecule has 8 nitrogen and oxygen atoms in total. The number of carbonyl (C=O) groups is 3. The van der Waals surface area contributed by atoms with Crippen LogP contribution in [0.25, 0.3) is 11.1 Å². The quantitative estimate of drug-likeness (QED) is 0.435. The highest BCUT2D eigenvalue weighted by atomic mass is 16.5. The Morgan fingerprint density at radius 3 is 2.21 bits per heavy atom. The topological polar surface area (TPSA) is 114 Å². The van der Waals surface area contributed by atoms with Crippen molar-refractivity contribution in [2.75, 3.05) is 25.6 Å². The zero-order valence-corrected chi connectivity index (χ0v) is 18.5. The van der Waals surface area contributed by atoms with Crippen LogP contribution in [0.15, 0.2) is 66.7 Å². The van der Waals surface area contributed by atoms with E-state index in [1.807, 2.05) is 36.4 Å². The molecular weight excluding hydrogens is 436 g/mol. The van der Waals surface area contributed by atoms with Crippen LogP contribution in [0, 0.1) is 0 Å². The van der Waals surface area contributed by atoms with E-state index >= 15 is 0 Å². The summed E-state index contributed by atoms with van der Waals surface area (Å²) in [5.74, 6) is -1.65. The highest BCUT2D eigenvalue weighted by Gasteiger charge is 2.29. The van der Waals surface area contributed by atoms with Crippen molar-refractivity contribution < 1.29 is 29.0 Å². The largest absolute Gasteiger partial charge is 0.480 e. The minimum absolute atomic E-state index is 0.0738. The molecule has 0 aromatic heterocycles. The van der Waals surface area contributed by atoms with Gasteiger partial charge in [-0.05, 0) is 46.0 Å². The van der Waals surface area contributed by atoms with Crippen LogP contribution in [0.3, 0.4) is 0 Å². The van der Waals surface area contributed by atoms with E-state index in [0.717, 1.165) is 22.3 Å². The molecule has 3 aromatic carbocycles. The van der Waals surface area contributed by atoms with Crippen molar-refractivity contribution in [3.8, 4) is 11.1 Å². The molecule has 0 radical (unpaired) electrons. The van der Waals surface area contributed by atoms with Gasteiger partial charge in [-0.1, -0.05) is 48.5 Å². The van der Waals surface area contributed by atoms with Gasteiger partial charge in [0.1, 0.15) is 6.61 Å². The summed E-state index contributed by atoms with van der Waals surface area (Å²) in [4.78, 5) is 35.4. The second-order valence-electron chi connectivity index (χ2n) is 7.86. The van der Waals surface area contributed by atoms with Crippen LogP contribution >= 0.6 is 0 Å². The van der Waals surface area contributed by atoms with Gasteiger partial charge in [-0.25, -0.2) is 9.59 Å². The number of ether oxygens (including phenoxy) is 2. The van der Waals surface area contributed by atoms with Gasteiger partial charge < -0.3 is 19.9 Å². The lowest BCUT2D eigenvalue weighted by Gasteiger charge is -2.15. The molecular formula is C26H24N2O6. The minimum Gasteiger partial charge on any atom is -0.480 e. The number of nitrogens with one attached hydrogen (secondary N) is 2. The lowest BCUT2D eigenvalue weighted by atomic mass is 9.98. The summed E-state index contributed by atoms with van der Waals surface area (Å²) in [6.45, 7) is 0.109. The second-order valence-corrected chi connectivity index (χ2v) is 7.86. The fourth-order valence-electron chi connectivity index (χ4n) is 4.17. The first-order valence-corrected chi connectivity index (χ1v) is 10.7. The van der Waals surface area contributed by atoms with Crippen LogP contribution in [0.1, 0.15) is 33.0 Å². The average molecular weight is 460 g/mol. The Kier molecular flexibility index (Phi) is 6.89. The summed E-state index contributed by atoms with van der Waals surface area (Å²) in [6, 6.07) is 20.8. The molecule has 0 saturated carbocycles. The molecule has 4 rings (SSSR count).